The topological polar surface area (TPSA) is 18.5 Å². The molecule has 16 heavy (non-hydrogen) atoms. The van der Waals surface area contributed by atoms with Gasteiger partial charge in [0.2, 0.25) is 0 Å². The second-order valence-corrected chi connectivity index (χ2v) is 5.01. The van der Waals surface area contributed by atoms with Crippen LogP contribution in [0.4, 0.5) is 0 Å². The van der Waals surface area contributed by atoms with Crippen LogP contribution < -0.4 is 9.47 Å². The summed E-state index contributed by atoms with van der Waals surface area (Å²) in [5.41, 5.74) is 5.48. The third-order valence-corrected chi connectivity index (χ3v) is 3.69. The van der Waals surface area contributed by atoms with E-state index >= 15 is 0 Å². The molecule has 2 aliphatic rings. The van der Waals surface area contributed by atoms with E-state index in [1.54, 1.807) is 0 Å². The number of ether oxygens (including phenoxy) is 2. The fourth-order valence-electron chi connectivity index (χ4n) is 2.99. The Bertz CT molecular complexity index is 412. The van der Waals surface area contributed by atoms with Gasteiger partial charge in [-0.2, -0.15) is 0 Å². The van der Waals surface area contributed by atoms with Crippen molar-refractivity contribution in [2.45, 2.75) is 39.5 Å². The Balaban J connectivity index is 2.31. The van der Waals surface area contributed by atoms with Crippen LogP contribution in [-0.4, -0.2) is 13.2 Å². The zero-order chi connectivity index (χ0) is 11.3. The maximum Gasteiger partial charge on any atom is 0.126 e. The third-order valence-electron chi connectivity index (χ3n) is 3.69. The molecule has 1 aromatic rings. The molecule has 0 bridgehead atoms. The first-order chi connectivity index (χ1) is 7.70. The highest BCUT2D eigenvalue weighted by atomic mass is 16.5. The van der Waals surface area contributed by atoms with E-state index in [0.29, 0.717) is 5.92 Å². The van der Waals surface area contributed by atoms with Crippen LogP contribution in [0, 0.1) is 6.92 Å². The molecular formula is C14H18O2. The molecule has 2 nitrogen and oxygen atoms in total. The van der Waals surface area contributed by atoms with E-state index in [1.165, 1.54) is 22.3 Å². The van der Waals surface area contributed by atoms with Crippen molar-refractivity contribution >= 4 is 0 Å². The summed E-state index contributed by atoms with van der Waals surface area (Å²) in [5, 5.41) is 0. The van der Waals surface area contributed by atoms with Crippen molar-refractivity contribution in [1.29, 1.82) is 0 Å². The summed E-state index contributed by atoms with van der Waals surface area (Å²) >= 11 is 0. The lowest BCUT2D eigenvalue weighted by Gasteiger charge is -2.18. The third kappa shape index (κ3) is 1.19. The average molecular weight is 218 g/mol. The highest BCUT2D eigenvalue weighted by molar-refractivity contribution is 5.62. The molecule has 1 aromatic carbocycles. The molecular weight excluding hydrogens is 200 g/mol. The van der Waals surface area contributed by atoms with Crippen molar-refractivity contribution in [1.82, 2.24) is 0 Å². The summed E-state index contributed by atoms with van der Waals surface area (Å²) in [6.45, 7) is 8.32. The highest BCUT2D eigenvalue weighted by Crippen LogP contribution is 2.46. The Morgan fingerprint density at radius 2 is 1.56 bits per heavy atom. The van der Waals surface area contributed by atoms with Crippen LogP contribution in [0.15, 0.2) is 0 Å². The van der Waals surface area contributed by atoms with Gasteiger partial charge in [0.05, 0.1) is 13.2 Å². The predicted molar refractivity (Wildman–Crippen MR) is 63.7 cm³/mol. The fourth-order valence-corrected chi connectivity index (χ4v) is 2.99. The Hall–Kier alpha value is -1.18. The highest BCUT2D eigenvalue weighted by Gasteiger charge is 2.30. The molecule has 2 aliphatic heterocycles. The van der Waals surface area contributed by atoms with Crippen molar-refractivity contribution in [2.75, 3.05) is 13.2 Å². The van der Waals surface area contributed by atoms with Gasteiger partial charge in [-0.3, -0.25) is 0 Å². The smallest absolute Gasteiger partial charge is 0.126 e. The molecule has 2 heteroatoms. The second-order valence-electron chi connectivity index (χ2n) is 5.01. The molecule has 3 rings (SSSR count). The molecule has 86 valence electrons. The van der Waals surface area contributed by atoms with E-state index in [-0.39, 0.29) is 0 Å². The van der Waals surface area contributed by atoms with Crippen molar-refractivity contribution in [3.63, 3.8) is 0 Å². The van der Waals surface area contributed by atoms with Crippen molar-refractivity contribution in [3.8, 4) is 11.5 Å². The predicted octanol–water partition coefficient (Wildman–Crippen LogP) is 2.99. The summed E-state index contributed by atoms with van der Waals surface area (Å²) in [6, 6.07) is 0. The Labute approximate surface area is 96.6 Å². The number of hydrogen-bond acceptors (Lipinski definition) is 2. The SMILES string of the molecule is Cc1c2c(c(C(C)C)c3c1OCC3)OCC2. The minimum atomic E-state index is 0.517. The van der Waals surface area contributed by atoms with Crippen LogP contribution >= 0.6 is 0 Å². The fraction of sp³-hybridized carbons (Fsp3) is 0.571. The summed E-state index contributed by atoms with van der Waals surface area (Å²) in [4.78, 5) is 0. The van der Waals surface area contributed by atoms with Gasteiger partial charge in [0.15, 0.2) is 0 Å². The van der Waals surface area contributed by atoms with E-state index in [2.05, 4.69) is 20.8 Å². The first kappa shape index (κ1) is 10.0. The molecule has 0 aromatic heterocycles. The monoisotopic (exact) mass is 218 g/mol. The van der Waals surface area contributed by atoms with Gasteiger partial charge in [-0.1, -0.05) is 13.8 Å². The van der Waals surface area contributed by atoms with Gasteiger partial charge in [-0.05, 0) is 18.4 Å². The molecule has 0 unspecified atom stereocenters. The Morgan fingerprint density at radius 3 is 2.25 bits per heavy atom. The Kier molecular flexibility index (Phi) is 2.13. The molecule has 0 N–H and O–H groups in total. The molecule has 0 saturated carbocycles. The van der Waals surface area contributed by atoms with Crippen molar-refractivity contribution in [2.24, 2.45) is 0 Å². The molecule has 0 fully saturated rings. The minimum absolute atomic E-state index is 0.517. The van der Waals surface area contributed by atoms with Crippen LogP contribution in [0.2, 0.25) is 0 Å². The van der Waals surface area contributed by atoms with Crippen molar-refractivity contribution in [3.05, 3.63) is 22.3 Å². The maximum atomic E-state index is 5.84. The van der Waals surface area contributed by atoms with Gasteiger partial charge in [-0.25, -0.2) is 0 Å². The lowest BCUT2D eigenvalue weighted by molar-refractivity contribution is 0.351. The van der Waals surface area contributed by atoms with Crippen molar-refractivity contribution < 1.29 is 9.47 Å². The zero-order valence-corrected chi connectivity index (χ0v) is 10.2. The average Bonchev–Trinajstić information content (AvgIpc) is 2.84. The first-order valence-corrected chi connectivity index (χ1v) is 6.14. The second kappa shape index (κ2) is 3.41. The number of fused-ring (bicyclic) bond motifs is 2. The van der Waals surface area contributed by atoms with Crippen LogP contribution in [0.3, 0.4) is 0 Å². The zero-order valence-electron chi connectivity index (χ0n) is 10.2. The number of rotatable bonds is 1. The largest absolute Gasteiger partial charge is 0.493 e. The van der Waals surface area contributed by atoms with Crippen LogP contribution in [-0.2, 0) is 12.8 Å². The van der Waals surface area contributed by atoms with Crippen LogP contribution in [0.25, 0.3) is 0 Å². The van der Waals surface area contributed by atoms with Crippen LogP contribution in [0.5, 0.6) is 11.5 Å². The standard InChI is InChI=1S/C14H18O2/c1-8(2)12-11-5-7-15-13(11)9(3)10-4-6-16-14(10)12/h8H,4-7H2,1-3H3. The van der Waals surface area contributed by atoms with Gasteiger partial charge in [0, 0.05) is 29.5 Å². The number of benzene rings is 1. The summed E-state index contributed by atoms with van der Waals surface area (Å²) in [5.74, 6) is 2.83. The van der Waals surface area contributed by atoms with E-state index in [0.717, 1.165) is 37.6 Å². The van der Waals surface area contributed by atoms with Gasteiger partial charge < -0.3 is 9.47 Å². The molecule has 0 radical (unpaired) electrons. The van der Waals surface area contributed by atoms with Gasteiger partial charge in [-0.15, -0.1) is 0 Å². The van der Waals surface area contributed by atoms with E-state index in [1.807, 2.05) is 0 Å². The van der Waals surface area contributed by atoms with Gasteiger partial charge in [0.1, 0.15) is 11.5 Å². The Morgan fingerprint density at radius 1 is 0.938 bits per heavy atom. The van der Waals surface area contributed by atoms with E-state index in [4.69, 9.17) is 9.47 Å². The molecule has 0 spiro atoms. The first-order valence-electron chi connectivity index (χ1n) is 6.14. The lowest BCUT2D eigenvalue weighted by atomic mass is 9.89. The summed E-state index contributed by atoms with van der Waals surface area (Å²) < 4.78 is 11.6. The van der Waals surface area contributed by atoms with Gasteiger partial charge >= 0.3 is 0 Å². The molecule has 0 amide bonds. The van der Waals surface area contributed by atoms with E-state index in [9.17, 15) is 0 Å². The normalized spacial score (nSPS) is 17.0. The molecule has 0 aliphatic carbocycles. The van der Waals surface area contributed by atoms with Crippen LogP contribution in [0.1, 0.15) is 42.0 Å². The van der Waals surface area contributed by atoms with E-state index < -0.39 is 0 Å². The molecule has 2 heterocycles. The quantitative estimate of drug-likeness (QED) is 0.721. The van der Waals surface area contributed by atoms with Gasteiger partial charge in [0.25, 0.3) is 0 Å². The molecule has 0 atom stereocenters. The summed E-state index contributed by atoms with van der Waals surface area (Å²) in [6.07, 6.45) is 2.08. The maximum absolute atomic E-state index is 5.84. The number of hydrogen-bond donors (Lipinski definition) is 0. The summed E-state index contributed by atoms with van der Waals surface area (Å²) in [7, 11) is 0. The minimum Gasteiger partial charge on any atom is -0.493 e. The molecule has 0 saturated heterocycles. The lowest BCUT2D eigenvalue weighted by Crippen LogP contribution is -2.00.